The van der Waals surface area contributed by atoms with Gasteiger partial charge in [0.2, 0.25) is 5.91 Å². The van der Waals surface area contributed by atoms with Gasteiger partial charge in [0, 0.05) is 12.5 Å². The van der Waals surface area contributed by atoms with Gasteiger partial charge in [-0.25, -0.2) is 0 Å². The molecule has 1 amide bonds. The first kappa shape index (κ1) is 13.4. The molecule has 0 saturated heterocycles. The van der Waals surface area contributed by atoms with Crippen LogP contribution < -0.4 is 11.1 Å². The van der Waals surface area contributed by atoms with Crippen LogP contribution >= 0.6 is 0 Å². The Morgan fingerprint density at radius 2 is 2.21 bits per heavy atom. The van der Waals surface area contributed by atoms with E-state index in [-0.39, 0.29) is 24.6 Å². The molecular formula is C10H22N2O2. The Labute approximate surface area is 85.9 Å². The standard InChI is InChI=1S/C10H22N2O2/c1-3-9(7-13)12-10(14)6-4-5-8(2)11/h8-9,13H,3-7,11H2,1-2H3,(H,12,14)/t8?,9-/m1/s1. The van der Waals surface area contributed by atoms with Gasteiger partial charge in [-0.3, -0.25) is 4.79 Å². The van der Waals surface area contributed by atoms with Crippen molar-refractivity contribution < 1.29 is 9.90 Å². The van der Waals surface area contributed by atoms with Gasteiger partial charge in [-0.2, -0.15) is 0 Å². The molecule has 14 heavy (non-hydrogen) atoms. The summed E-state index contributed by atoms with van der Waals surface area (Å²) in [5.41, 5.74) is 5.56. The Bertz CT molecular complexity index is 156. The minimum Gasteiger partial charge on any atom is -0.394 e. The smallest absolute Gasteiger partial charge is 0.220 e. The number of aliphatic hydroxyl groups is 1. The molecule has 4 heteroatoms. The van der Waals surface area contributed by atoms with Crippen LogP contribution in [0.3, 0.4) is 0 Å². The lowest BCUT2D eigenvalue weighted by atomic mass is 10.1. The summed E-state index contributed by atoms with van der Waals surface area (Å²) in [6.45, 7) is 3.87. The Morgan fingerprint density at radius 3 is 2.64 bits per heavy atom. The molecular weight excluding hydrogens is 180 g/mol. The Kier molecular flexibility index (Phi) is 7.42. The van der Waals surface area contributed by atoms with Crippen LogP contribution in [0.15, 0.2) is 0 Å². The van der Waals surface area contributed by atoms with Gasteiger partial charge in [0.25, 0.3) is 0 Å². The third-order valence-electron chi connectivity index (χ3n) is 2.14. The van der Waals surface area contributed by atoms with Crippen LogP contribution in [0.25, 0.3) is 0 Å². The topological polar surface area (TPSA) is 75.3 Å². The number of carbonyl (C=O) groups is 1. The van der Waals surface area contributed by atoms with Gasteiger partial charge < -0.3 is 16.2 Å². The lowest BCUT2D eigenvalue weighted by Crippen LogP contribution is -2.36. The SMILES string of the molecule is CC[C@H](CO)NC(=O)CCCC(C)N. The second kappa shape index (κ2) is 7.76. The highest BCUT2D eigenvalue weighted by Gasteiger charge is 2.08. The van der Waals surface area contributed by atoms with Gasteiger partial charge in [-0.15, -0.1) is 0 Å². The first-order valence-electron chi connectivity index (χ1n) is 5.26. The number of carbonyl (C=O) groups excluding carboxylic acids is 1. The van der Waals surface area contributed by atoms with E-state index in [0.29, 0.717) is 6.42 Å². The van der Waals surface area contributed by atoms with Crippen molar-refractivity contribution in [2.45, 2.75) is 51.6 Å². The van der Waals surface area contributed by atoms with E-state index in [4.69, 9.17) is 10.8 Å². The minimum absolute atomic E-state index is 0.00606. The molecule has 0 bridgehead atoms. The molecule has 2 atom stereocenters. The molecule has 4 N–H and O–H groups in total. The van der Waals surface area contributed by atoms with Crippen molar-refractivity contribution in [3.63, 3.8) is 0 Å². The van der Waals surface area contributed by atoms with Crippen molar-refractivity contribution >= 4 is 5.91 Å². The average Bonchev–Trinajstić information content (AvgIpc) is 2.13. The average molecular weight is 202 g/mol. The predicted molar refractivity (Wildman–Crippen MR) is 56.8 cm³/mol. The summed E-state index contributed by atoms with van der Waals surface area (Å²) < 4.78 is 0. The molecule has 0 saturated carbocycles. The molecule has 0 heterocycles. The number of rotatable bonds is 7. The first-order chi connectivity index (χ1) is 6.60. The summed E-state index contributed by atoms with van der Waals surface area (Å²) >= 11 is 0. The van der Waals surface area contributed by atoms with Gasteiger partial charge in [-0.05, 0) is 26.2 Å². The van der Waals surface area contributed by atoms with Crippen LogP contribution in [0, 0.1) is 0 Å². The number of hydrogen-bond donors (Lipinski definition) is 3. The van der Waals surface area contributed by atoms with E-state index in [1.165, 1.54) is 0 Å². The minimum atomic E-state index is -0.0993. The van der Waals surface area contributed by atoms with E-state index in [2.05, 4.69) is 5.32 Å². The molecule has 0 aliphatic carbocycles. The van der Waals surface area contributed by atoms with E-state index in [1.807, 2.05) is 13.8 Å². The fourth-order valence-corrected chi connectivity index (χ4v) is 1.16. The first-order valence-corrected chi connectivity index (χ1v) is 5.26. The number of amides is 1. The van der Waals surface area contributed by atoms with Crippen LogP contribution in [0.2, 0.25) is 0 Å². The summed E-state index contributed by atoms with van der Waals surface area (Å²) in [6.07, 6.45) is 2.93. The number of nitrogens with two attached hydrogens (primary N) is 1. The van der Waals surface area contributed by atoms with Crippen molar-refractivity contribution in [1.82, 2.24) is 5.32 Å². The molecule has 0 fully saturated rings. The van der Waals surface area contributed by atoms with Gasteiger partial charge >= 0.3 is 0 Å². The van der Waals surface area contributed by atoms with Crippen molar-refractivity contribution in [2.75, 3.05) is 6.61 Å². The van der Waals surface area contributed by atoms with Crippen LogP contribution in [-0.2, 0) is 4.79 Å². The maximum absolute atomic E-state index is 11.3. The van der Waals surface area contributed by atoms with Crippen molar-refractivity contribution in [1.29, 1.82) is 0 Å². The Hall–Kier alpha value is -0.610. The molecule has 84 valence electrons. The molecule has 1 unspecified atom stereocenters. The summed E-state index contributed by atoms with van der Waals surface area (Å²) in [5.74, 6) is 0.00606. The van der Waals surface area contributed by atoms with Crippen molar-refractivity contribution in [3.8, 4) is 0 Å². The normalized spacial score (nSPS) is 14.9. The number of aliphatic hydroxyl groups excluding tert-OH is 1. The van der Waals surface area contributed by atoms with E-state index >= 15 is 0 Å². The highest BCUT2D eigenvalue weighted by Crippen LogP contribution is 1.99. The molecule has 4 nitrogen and oxygen atoms in total. The monoisotopic (exact) mass is 202 g/mol. The van der Waals surface area contributed by atoms with Gasteiger partial charge in [-0.1, -0.05) is 6.92 Å². The molecule has 0 aliphatic heterocycles. The van der Waals surface area contributed by atoms with Crippen LogP contribution in [0.1, 0.15) is 39.5 Å². The molecule has 0 spiro atoms. The van der Waals surface area contributed by atoms with Crippen molar-refractivity contribution in [2.24, 2.45) is 5.73 Å². The molecule has 0 aliphatic rings. The lowest BCUT2D eigenvalue weighted by Gasteiger charge is -2.13. The highest BCUT2D eigenvalue weighted by molar-refractivity contribution is 5.76. The molecule has 0 radical (unpaired) electrons. The zero-order chi connectivity index (χ0) is 11.0. The third kappa shape index (κ3) is 6.86. The largest absolute Gasteiger partial charge is 0.394 e. The van der Waals surface area contributed by atoms with Crippen LogP contribution in [0.4, 0.5) is 0 Å². The zero-order valence-electron chi connectivity index (χ0n) is 9.12. The summed E-state index contributed by atoms with van der Waals surface area (Å²) in [6, 6.07) is 0.0559. The van der Waals surface area contributed by atoms with Gasteiger partial charge in [0.1, 0.15) is 0 Å². The lowest BCUT2D eigenvalue weighted by molar-refractivity contribution is -0.122. The number of hydrogen-bond acceptors (Lipinski definition) is 3. The summed E-state index contributed by atoms with van der Waals surface area (Å²) in [4.78, 5) is 11.3. The van der Waals surface area contributed by atoms with Crippen molar-refractivity contribution in [3.05, 3.63) is 0 Å². The molecule has 0 aromatic carbocycles. The second-order valence-electron chi connectivity index (χ2n) is 3.72. The summed E-state index contributed by atoms with van der Waals surface area (Å²) in [7, 11) is 0. The third-order valence-corrected chi connectivity index (χ3v) is 2.14. The maximum Gasteiger partial charge on any atom is 0.220 e. The van der Waals surface area contributed by atoms with Gasteiger partial charge in [0.15, 0.2) is 0 Å². The quantitative estimate of drug-likeness (QED) is 0.559. The fraction of sp³-hybridized carbons (Fsp3) is 0.900. The van der Waals surface area contributed by atoms with E-state index in [0.717, 1.165) is 19.3 Å². The summed E-state index contributed by atoms with van der Waals surface area (Å²) in [5, 5.41) is 11.6. The predicted octanol–water partition coefficient (Wildman–Crippen LogP) is 0.391. The molecule has 0 rings (SSSR count). The second-order valence-corrected chi connectivity index (χ2v) is 3.72. The van der Waals surface area contributed by atoms with E-state index in [1.54, 1.807) is 0 Å². The molecule has 0 aromatic rings. The fourth-order valence-electron chi connectivity index (χ4n) is 1.16. The number of nitrogens with one attached hydrogen (secondary N) is 1. The van der Waals surface area contributed by atoms with E-state index in [9.17, 15) is 4.79 Å². The Balaban J connectivity index is 3.54. The highest BCUT2D eigenvalue weighted by atomic mass is 16.3. The van der Waals surface area contributed by atoms with Gasteiger partial charge in [0.05, 0.1) is 12.6 Å². The van der Waals surface area contributed by atoms with E-state index < -0.39 is 0 Å². The molecule has 0 aromatic heterocycles. The van der Waals surface area contributed by atoms with Crippen LogP contribution in [0.5, 0.6) is 0 Å². The maximum atomic E-state index is 11.3. The Morgan fingerprint density at radius 1 is 1.57 bits per heavy atom. The van der Waals surface area contributed by atoms with Crippen LogP contribution in [-0.4, -0.2) is 29.7 Å². The zero-order valence-corrected chi connectivity index (χ0v) is 9.12.